The van der Waals surface area contributed by atoms with Crippen LogP contribution in [0.2, 0.25) is 0 Å². The van der Waals surface area contributed by atoms with Gasteiger partial charge >= 0.3 is 0 Å². The summed E-state index contributed by atoms with van der Waals surface area (Å²) in [5.74, 6) is 1.06. The van der Waals surface area contributed by atoms with Gasteiger partial charge in [0.25, 0.3) is 0 Å². The summed E-state index contributed by atoms with van der Waals surface area (Å²) in [5.41, 5.74) is 2.21. The first kappa shape index (κ1) is 21.7. The van der Waals surface area contributed by atoms with E-state index in [1.165, 1.54) is 5.56 Å². The Morgan fingerprint density at radius 2 is 2.07 bits per heavy atom. The maximum absolute atomic E-state index is 11.6. The zero-order chi connectivity index (χ0) is 18.4. The Morgan fingerprint density at radius 1 is 1.30 bits per heavy atom. The lowest BCUT2D eigenvalue weighted by atomic mass is 10.2. The first-order valence-corrected chi connectivity index (χ1v) is 10.7. The number of aliphatic imine (C=N–C) groups is 1. The van der Waals surface area contributed by atoms with Gasteiger partial charge in [-0.1, -0.05) is 30.3 Å². The first-order chi connectivity index (χ1) is 12.5. The Morgan fingerprint density at radius 3 is 2.74 bits per heavy atom. The van der Waals surface area contributed by atoms with Crippen molar-refractivity contribution in [3.8, 4) is 0 Å². The molecule has 0 aliphatic carbocycles. The monoisotopic (exact) mass is 503 g/mol. The largest absolute Gasteiger partial charge is 0.357 e. The van der Waals surface area contributed by atoms with E-state index >= 15 is 0 Å². The quantitative estimate of drug-likeness (QED) is 0.357. The highest BCUT2D eigenvalue weighted by atomic mass is 127. The van der Waals surface area contributed by atoms with Crippen LogP contribution >= 0.6 is 24.0 Å². The Kier molecular flexibility index (Phi) is 8.08. The molecule has 1 aliphatic rings. The highest BCUT2D eigenvalue weighted by Crippen LogP contribution is 2.11. The number of hydrogen-bond acceptors (Lipinski definition) is 4. The number of sulfone groups is 1. The van der Waals surface area contributed by atoms with Crippen LogP contribution in [0.3, 0.4) is 0 Å². The van der Waals surface area contributed by atoms with E-state index in [2.05, 4.69) is 32.9 Å². The molecule has 1 aromatic heterocycles. The third kappa shape index (κ3) is 6.80. The first-order valence-electron chi connectivity index (χ1n) is 8.84. The van der Waals surface area contributed by atoms with Crippen molar-refractivity contribution in [3.05, 3.63) is 53.9 Å². The van der Waals surface area contributed by atoms with Crippen molar-refractivity contribution in [1.82, 2.24) is 20.4 Å². The summed E-state index contributed by atoms with van der Waals surface area (Å²) in [6.45, 7) is 3.92. The molecule has 0 saturated carbocycles. The second-order valence-corrected chi connectivity index (χ2v) is 8.70. The molecular weight excluding hydrogens is 477 g/mol. The van der Waals surface area contributed by atoms with E-state index in [0.29, 0.717) is 18.9 Å². The van der Waals surface area contributed by atoms with E-state index in [-0.39, 0.29) is 41.5 Å². The van der Waals surface area contributed by atoms with Crippen molar-refractivity contribution in [2.45, 2.75) is 32.5 Å². The molecule has 0 radical (unpaired) electrons. The standard InChI is InChI=1S/C18H25N5O2S.HI/c1-2-19-18(22-17-8-9-26(24,25)14-17)20-10-16-11-21-23(13-16)12-15-6-4-3-5-7-15;/h3-7,11,13,17H,2,8-10,12,14H2,1H3,(H2,19,20,22);1H. The number of nitrogens with zero attached hydrogens (tertiary/aromatic N) is 3. The van der Waals surface area contributed by atoms with Crippen LogP contribution in [0.5, 0.6) is 0 Å². The number of rotatable bonds is 6. The lowest BCUT2D eigenvalue weighted by Crippen LogP contribution is -2.44. The molecule has 1 fully saturated rings. The molecule has 9 heteroatoms. The SMILES string of the molecule is CCNC(=NCc1cnn(Cc2ccccc2)c1)NC1CCS(=O)(=O)C1.I. The zero-order valence-electron chi connectivity index (χ0n) is 15.3. The number of benzene rings is 1. The van der Waals surface area contributed by atoms with Crippen molar-refractivity contribution in [2.24, 2.45) is 4.99 Å². The zero-order valence-corrected chi connectivity index (χ0v) is 18.5. The van der Waals surface area contributed by atoms with Gasteiger partial charge in [0.05, 0.1) is 30.8 Å². The van der Waals surface area contributed by atoms with Crippen LogP contribution < -0.4 is 10.6 Å². The molecule has 7 nitrogen and oxygen atoms in total. The maximum Gasteiger partial charge on any atom is 0.191 e. The minimum Gasteiger partial charge on any atom is -0.357 e. The average molecular weight is 503 g/mol. The van der Waals surface area contributed by atoms with Crippen LogP contribution in [0, 0.1) is 0 Å². The van der Waals surface area contributed by atoms with E-state index in [1.54, 1.807) is 0 Å². The minimum absolute atomic E-state index is 0. The molecule has 27 heavy (non-hydrogen) atoms. The summed E-state index contributed by atoms with van der Waals surface area (Å²) in [7, 11) is -2.91. The molecule has 0 spiro atoms. The van der Waals surface area contributed by atoms with E-state index in [9.17, 15) is 8.42 Å². The maximum atomic E-state index is 11.6. The lowest BCUT2D eigenvalue weighted by molar-refractivity contribution is 0.599. The van der Waals surface area contributed by atoms with Gasteiger partial charge in [0.1, 0.15) is 0 Å². The van der Waals surface area contributed by atoms with Gasteiger partial charge in [-0.2, -0.15) is 5.10 Å². The number of halogens is 1. The molecule has 1 atom stereocenters. The Labute approximate surface area is 177 Å². The Balaban J connectivity index is 0.00000261. The van der Waals surface area contributed by atoms with Gasteiger partial charge in [0.15, 0.2) is 15.8 Å². The van der Waals surface area contributed by atoms with Gasteiger partial charge in [-0.05, 0) is 18.9 Å². The fourth-order valence-corrected chi connectivity index (χ4v) is 4.61. The predicted molar refractivity (Wildman–Crippen MR) is 118 cm³/mol. The van der Waals surface area contributed by atoms with Crippen LogP contribution in [-0.2, 0) is 22.9 Å². The third-order valence-electron chi connectivity index (χ3n) is 4.21. The van der Waals surface area contributed by atoms with Crippen molar-refractivity contribution < 1.29 is 8.42 Å². The van der Waals surface area contributed by atoms with Crippen LogP contribution in [0.4, 0.5) is 0 Å². The highest BCUT2D eigenvalue weighted by Gasteiger charge is 2.28. The van der Waals surface area contributed by atoms with Gasteiger partial charge in [0, 0.05) is 24.3 Å². The lowest BCUT2D eigenvalue weighted by Gasteiger charge is -2.15. The van der Waals surface area contributed by atoms with Crippen LogP contribution in [-0.4, -0.2) is 48.3 Å². The molecule has 1 aromatic carbocycles. The van der Waals surface area contributed by atoms with E-state index < -0.39 is 9.84 Å². The summed E-state index contributed by atoms with van der Waals surface area (Å²) in [6.07, 6.45) is 4.43. The summed E-state index contributed by atoms with van der Waals surface area (Å²) >= 11 is 0. The summed E-state index contributed by atoms with van der Waals surface area (Å²) in [4.78, 5) is 4.56. The molecule has 148 valence electrons. The van der Waals surface area contributed by atoms with E-state index in [0.717, 1.165) is 18.7 Å². The fourth-order valence-electron chi connectivity index (χ4n) is 2.94. The minimum atomic E-state index is -2.91. The second-order valence-electron chi connectivity index (χ2n) is 6.47. The molecular formula is C18H26IN5O2S. The van der Waals surface area contributed by atoms with Gasteiger partial charge in [-0.25, -0.2) is 13.4 Å². The van der Waals surface area contributed by atoms with Crippen LogP contribution in [0.15, 0.2) is 47.7 Å². The molecule has 1 unspecified atom stereocenters. The van der Waals surface area contributed by atoms with Gasteiger partial charge < -0.3 is 10.6 Å². The Bertz CT molecular complexity index is 852. The van der Waals surface area contributed by atoms with Crippen molar-refractivity contribution in [1.29, 1.82) is 0 Å². The summed E-state index contributed by atoms with van der Waals surface area (Å²) in [6, 6.07) is 10.1. The smallest absolute Gasteiger partial charge is 0.191 e. The van der Waals surface area contributed by atoms with Gasteiger partial charge in [-0.15, -0.1) is 24.0 Å². The normalized spacial score (nSPS) is 18.7. The number of hydrogen-bond donors (Lipinski definition) is 2. The topological polar surface area (TPSA) is 88.4 Å². The van der Waals surface area contributed by atoms with E-state index in [4.69, 9.17) is 0 Å². The third-order valence-corrected chi connectivity index (χ3v) is 5.98. The molecule has 0 amide bonds. The second kappa shape index (κ2) is 10.1. The number of nitrogens with one attached hydrogen (secondary N) is 2. The van der Waals surface area contributed by atoms with Crippen molar-refractivity contribution in [2.75, 3.05) is 18.1 Å². The highest BCUT2D eigenvalue weighted by molar-refractivity contribution is 14.0. The molecule has 1 saturated heterocycles. The van der Waals surface area contributed by atoms with Crippen molar-refractivity contribution >= 4 is 39.8 Å². The number of aromatic nitrogens is 2. The van der Waals surface area contributed by atoms with E-state index in [1.807, 2.05) is 42.2 Å². The predicted octanol–water partition coefficient (Wildman–Crippen LogP) is 1.79. The molecule has 1 aliphatic heterocycles. The molecule has 2 N–H and O–H groups in total. The molecule has 3 rings (SSSR count). The Hall–Kier alpha value is -1.62. The van der Waals surface area contributed by atoms with Gasteiger partial charge in [-0.3, -0.25) is 4.68 Å². The van der Waals surface area contributed by atoms with Crippen LogP contribution in [0.25, 0.3) is 0 Å². The van der Waals surface area contributed by atoms with Crippen LogP contribution in [0.1, 0.15) is 24.5 Å². The summed E-state index contributed by atoms with van der Waals surface area (Å²) in [5, 5.41) is 10.8. The average Bonchev–Trinajstić information content (AvgIpc) is 3.20. The van der Waals surface area contributed by atoms with Crippen molar-refractivity contribution in [3.63, 3.8) is 0 Å². The molecule has 2 heterocycles. The summed E-state index contributed by atoms with van der Waals surface area (Å²) < 4.78 is 25.1. The molecule has 0 bridgehead atoms. The van der Waals surface area contributed by atoms with Gasteiger partial charge in [0.2, 0.25) is 0 Å². The fraction of sp³-hybridized carbons (Fsp3) is 0.444. The molecule has 2 aromatic rings. The number of guanidine groups is 1.